The second-order valence-corrected chi connectivity index (χ2v) is 6.02. The molecular formula is C14H19FN2O2S. The molecule has 0 saturated carbocycles. The van der Waals surface area contributed by atoms with E-state index in [1.165, 1.54) is 6.07 Å². The number of para-hydroxylation sites is 1. The Kier molecular flexibility index (Phi) is 5.11. The number of amides is 2. The number of thioether (sulfide) groups is 1. The highest BCUT2D eigenvalue weighted by Crippen LogP contribution is 2.33. The van der Waals surface area contributed by atoms with Crippen molar-refractivity contribution in [3.8, 4) is 5.75 Å². The summed E-state index contributed by atoms with van der Waals surface area (Å²) in [4.78, 5) is 11.9. The van der Waals surface area contributed by atoms with Crippen molar-refractivity contribution in [3.05, 3.63) is 29.6 Å². The van der Waals surface area contributed by atoms with Gasteiger partial charge in [0.25, 0.3) is 0 Å². The second-order valence-electron chi connectivity index (χ2n) is 4.75. The Morgan fingerprint density at radius 2 is 2.40 bits per heavy atom. The van der Waals surface area contributed by atoms with E-state index in [2.05, 4.69) is 10.6 Å². The molecule has 1 heterocycles. The van der Waals surface area contributed by atoms with E-state index in [0.717, 1.165) is 0 Å². The lowest BCUT2D eigenvalue weighted by atomic mass is 10.0. The largest absolute Gasteiger partial charge is 0.490 e. The summed E-state index contributed by atoms with van der Waals surface area (Å²) in [7, 11) is 0. The fourth-order valence-corrected chi connectivity index (χ4v) is 2.32. The number of urea groups is 1. The molecule has 20 heavy (non-hydrogen) atoms. The molecule has 4 nitrogen and oxygen atoms in total. The summed E-state index contributed by atoms with van der Waals surface area (Å²) in [5.74, 6) is -0.132. The third kappa shape index (κ3) is 3.56. The number of rotatable bonds is 4. The average Bonchev–Trinajstić information content (AvgIpc) is 2.46. The Morgan fingerprint density at radius 1 is 1.60 bits per heavy atom. The van der Waals surface area contributed by atoms with Crippen LogP contribution >= 0.6 is 11.8 Å². The third-order valence-corrected chi connectivity index (χ3v) is 4.25. The monoisotopic (exact) mass is 298 g/mol. The third-order valence-electron chi connectivity index (χ3n) is 3.28. The Bertz CT molecular complexity index is 484. The summed E-state index contributed by atoms with van der Waals surface area (Å²) in [6.45, 7) is 3.05. The molecule has 0 fully saturated rings. The SMILES string of the molecule is CSC(C)CNC(=O)N[C@H]1CCOc2c(F)cccc21. The van der Waals surface area contributed by atoms with Crippen LogP contribution in [-0.2, 0) is 0 Å². The van der Waals surface area contributed by atoms with E-state index in [1.54, 1.807) is 23.9 Å². The molecule has 1 aliphatic rings. The van der Waals surface area contributed by atoms with Gasteiger partial charge < -0.3 is 15.4 Å². The van der Waals surface area contributed by atoms with Crippen molar-refractivity contribution in [1.82, 2.24) is 10.6 Å². The maximum Gasteiger partial charge on any atom is 0.315 e. The zero-order valence-electron chi connectivity index (χ0n) is 11.6. The molecule has 0 saturated heterocycles. The van der Waals surface area contributed by atoms with Gasteiger partial charge in [-0.2, -0.15) is 11.8 Å². The van der Waals surface area contributed by atoms with Gasteiger partial charge in [-0.25, -0.2) is 9.18 Å². The van der Waals surface area contributed by atoms with Gasteiger partial charge in [-0.1, -0.05) is 19.1 Å². The topological polar surface area (TPSA) is 50.4 Å². The number of nitrogens with one attached hydrogen (secondary N) is 2. The minimum absolute atomic E-state index is 0.209. The molecule has 6 heteroatoms. The van der Waals surface area contributed by atoms with Crippen molar-refractivity contribution < 1.29 is 13.9 Å². The number of ether oxygens (including phenoxy) is 1. The van der Waals surface area contributed by atoms with E-state index in [-0.39, 0.29) is 23.6 Å². The molecule has 0 aromatic heterocycles. The summed E-state index contributed by atoms with van der Waals surface area (Å²) >= 11 is 1.69. The Labute approximate surface area is 122 Å². The first-order valence-electron chi connectivity index (χ1n) is 6.60. The summed E-state index contributed by atoms with van der Waals surface area (Å²) in [5, 5.41) is 6.06. The highest BCUT2D eigenvalue weighted by molar-refractivity contribution is 7.99. The quantitative estimate of drug-likeness (QED) is 0.898. The first-order chi connectivity index (χ1) is 9.61. The fraction of sp³-hybridized carbons (Fsp3) is 0.500. The molecule has 2 atom stereocenters. The van der Waals surface area contributed by atoms with E-state index < -0.39 is 0 Å². The average molecular weight is 298 g/mol. The van der Waals surface area contributed by atoms with Crippen LogP contribution in [0.3, 0.4) is 0 Å². The van der Waals surface area contributed by atoms with Crippen LogP contribution in [0.25, 0.3) is 0 Å². The number of hydrogen-bond acceptors (Lipinski definition) is 3. The molecular weight excluding hydrogens is 279 g/mol. The zero-order valence-corrected chi connectivity index (χ0v) is 12.4. The molecule has 2 rings (SSSR count). The van der Waals surface area contributed by atoms with Gasteiger partial charge in [-0.3, -0.25) is 0 Å². The maximum atomic E-state index is 13.6. The van der Waals surface area contributed by atoms with Crippen LogP contribution in [0.15, 0.2) is 18.2 Å². The lowest BCUT2D eigenvalue weighted by molar-refractivity contribution is 0.220. The standard InChI is InChI=1S/C14H19FN2O2S/c1-9(20-2)8-16-14(18)17-12-6-7-19-13-10(12)4-3-5-11(13)15/h3-5,9,12H,6-8H2,1-2H3,(H2,16,17,18)/t9?,12-/m0/s1. The van der Waals surface area contributed by atoms with Gasteiger partial charge in [-0.15, -0.1) is 0 Å². The number of carbonyl (C=O) groups is 1. The second kappa shape index (κ2) is 6.83. The molecule has 0 spiro atoms. The fourth-order valence-electron chi connectivity index (χ4n) is 2.07. The van der Waals surface area contributed by atoms with Crippen molar-refractivity contribution >= 4 is 17.8 Å². The Morgan fingerprint density at radius 3 is 3.15 bits per heavy atom. The Balaban J connectivity index is 1.98. The molecule has 1 aromatic rings. The molecule has 1 aliphatic heterocycles. The van der Waals surface area contributed by atoms with Crippen molar-refractivity contribution in [1.29, 1.82) is 0 Å². The number of hydrogen-bond donors (Lipinski definition) is 2. The van der Waals surface area contributed by atoms with Crippen LogP contribution in [0.2, 0.25) is 0 Å². The molecule has 0 bridgehead atoms. The molecule has 2 N–H and O–H groups in total. The molecule has 0 aliphatic carbocycles. The van der Waals surface area contributed by atoms with Crippen molar-refractivity contribution in [2.45, 2.75) is 24.6 Å². The van der Waals surface area contributed by atoms with Crippen molar-refractivity contribution in [3.63, 3.8) is 0 Å². The van der Waals surface area contributed by atoms with Crippen LogP contribution in [0.5, 0.6) is 5.75 Å². The first-order valence-corrected chi connectivity index (χ1v) is 7.89. The molecule has 110 valence electrons. The molecule has 1 unspecified atom stereocenters. The van der Waals surface area contributed by atoms with Crippen molar-refractivity contribution in [2.24, 2.45) is 0 Å². The summed E-state index contributed by atoms with van der Waals surface area (Å²) in [5.41, 5.74) is 0.698. The molecule has 1 aromatic carbocycles. The predicted octanol–water partition coefficient (Wildman–Crippen LogP) is 2.70. The van der Waals surface area contributed by atoms with E-state index in [1.807, 2.05) is 13.2 Å². The smallest absolute Gasteiger partial charge is 0.315 e. The van der Waals surface area contributed by atoms with Crippen LogP contribution in [-0.4, -0.2) is 30.7 Å². The van der Waals surface area contributed by atoms with Crippen LogP contribution in [0.1, 0.15) is 24.9 Å². The number of fused-ring (bicyclic) bond motifs is 1. The van der Waals surface area contributed by atoms with E-state index in [9.17, 15) is 9.18 Å². The first kappa shape index (κ1) is 15.0. The molecule has 2 amide bonds. The highest BCUT2D eigenvalue weighted by atomic mass is 32.2. The number of benzene rings is 1. The lowest BCUT2D eigenvalue weighted by Gasteiger charge is -2.27. The summed E-state index contributed by atoms with van der Waals surface area (Å²) in [6, 6.07) is 4.34. The summed E-state index contributed by atoms with van der Waals surface area (Å²) < 4.78 is 19.0. The van der Waals surface area contributed by atoms with Crippen LogP contribution in [0, 0.1) is 5.82 Å². The van der Waals surface area contributed by atoms with Gasteiger partial charge >= 0.3 is 6.03 Å². The Hall–Kier alpha value is -1.43. The van der Waals surface area contributed by atoms with Gasteiger partial charge in [-0.05, 0) is 12.3 Å². The van der Waals surface area contributed by atoms with Gasteiger partial charge in [0, 0.05) is 23.8 Å². The van der Waals surface area contributed by atoms with E-state index >= 15 is 0 Å². The minimum atomic E-state index is -0.384. The predicted molar refractivity (Wildman–Crippen MR) is 78.8 cm³/mol. The van der Waals surface area contributed by atoms with Gasteiger partial charge in [0.05, 0.1) is 12.6 Å². The van der Waals surface area contributed by atoms with E-state index in [0.29, 0.717) is 30.4 Å². The van der Waals surface area contributed by atoms with Gasteiger partial charge in [0.1, 0.15) is 0 Å². The summed E-state index contributed by atoms with van der Waals surface area (Å²) in [6.07, 6.45) is 2.64. The molecule has 0 radical (unpaired) electrons. The van der Waals surface area contributed by atoms with Crippen molar-refractivity contribution in [2.75, 3.05) is 19.4 Å². The number of halogens is 1. The van der Waals surface area contributed by atoms with Gasteiger partial charge in [0.2, 0.25) is 0 Å². The highest BCUT2D eigenvalue weighted by Gasteiger charge is 2.25. The van der Waals surface area contributed by atoms with Crippen LogP contribution in [0.4, 0.5) is 9.18 Å². The zero-order chi connectivity index (χ0) is 14.5. The maximum absolute atomic E-state index is 13.6. The van der Waals surface area contributed by atoms with E-state index in [4.69, 9.17) is 4.74 Å². The van der Waals surface area contributed by atoms with Gasteiger partial charge in [0.15, 0.2) is 11.6 Å². The lowest BCUT2D eigenvalue weighted by Crippen LogP contribution is -2.41. The van der Waals surface area contributed by atoms with Crippen LogP contribution < -0.4 is 15.4 Å². The normalized spacial score (nSPS) is 18.6. The minimum Gasteiger partial charge on any atom is -0.490 e. The number of carbonyl (C=O) groups excluding carboxylic acids is 1.